The highest BCUT2D eigenvalue weighted by atomic mass is 32.1. The van der Waals surface area contributed by atoms with E-state index in [1.165, 1.54) is 10.9 Å². The molecule has 0 amide bonds. The first-order valence-electron chi connectivity index (χ1n) is 5.50. The normalized spacial score (nSPS) is 12.8. The van der Waals surface area contributed by atoms with Gasteiger partial charge in [-0.05, 0) is 49.6 Å². The maximum absolute atomic E-state index is 13.2. The van der Waals surface area contributed by atoms with Gasteiger partial charge in [0.25, 0.3) is 0 Å². The van der Waals surface area contributed by atoms with Gasteiger partial charge in [-0.2, -0.15) is 0 Å². The standard InChI is InChI=1S/C14H15FOS/c1-8-6-11(4-5-13(8)15)14(16)12-7-9(2)17-10(12)3/h4-7,14,16H,1-3H3. The van der Waals surface area contributed by atoms with Crippen molar-refractivity contribution in [2.24, 2.45) is 0 Å². The van der Waals surface area contributed by atoms with Gasteiger partial charge < -0.3 is 5.11 Å². The van der Waals surface area contributed by atoms with E-state index in [9.17, 15) is 9.50 Å². The first kappa shape index (κ1) is 12.3. The van der Waals surface area contributed by atoms with Crippen LogP contribution in [0.1, 0.15) is 32.5 Å². The van der Waals surface area contributed by atoms with Gasteiger partial charge in [0.2, 0.25) is 0 Å². The zero-order valence-electron chi connectivity index (χ0n) is 10.1. The molecule has 0 saturated heterocycles. The lowest BCUT2D eigenvalue weighted by Gasteiger charge is -2.12. The minimum atomic E-state index is -0.667. The molecular formula is C14H15FOS. The molecule has 1 unspecified atom stereocenters. The van der Waals surface area contributed by atoms with Crippen molar-refractivity contribution in [3.63, 3.8) is 0 Å². The summed E-state index contributed by atoms with van der Waals surface area (Å²) < 4.78 is 13.2. The number of aliphatic hydroxyl groups excluding tert-OH is 1. The molecule has 1 aromatic carbocycles. The molecule has 2 rings (SSSR count). The van der Waals surface area contributed by atoms with E-state index in [1.54, 1.807) is 30.4 Å². The monoisotopic (exact) mass is 250 g/mol. The molecule has 0 radical (unpaired) electrons. The molecule has 17 heavy (non-hydrogen) atoms. The summed E-state index contributed by atoms with van der Waals surface area (Å²) in [6.07, 6.45) is -0.667. The number of hydrogen-bond donors (Lipinski definition) is 1. The first-order valence-corrected chi connectivity index (χ1v) is 6.31. The zero-order valence-corrected chi connectivity index (χ0v) is 10.9. The second kappa shape index (κ2) is 4.59. The Morgan fingerprint density at radius 1 is 1.18 bits per heavy atom. The summed E-state index contributed by atoms with van der Waals surface area (Å²) in [7, 11) is 0. The maximum atomic E-state index is 13.2. The lowest BCUT2D eigenvalue weighted by atomic mass is 10.0. The Morgan fingerprint density at radius 3 is 2.41 bits per heavy atom. The van der Waals surface area contributed by atoms with Gasteiger partial charge in [0.1, 0.15) is 11.9 Å². The van der Waals surface area contributed by atoms with E-state index in [0.29, 0.717) is 5.56 Å². The smallest absolute Gasteiger partial charge is 0.126 e. The highest BCUT2D eigenvalue weighted by Crippen LogP contribution is 2.31. The van der Waals surface area contributed by atoms with E-state index in [4.69, 9.17) is 0 Å². The SMILES string of the molecule is Cc1cc(C(O)c2ccc(F)c(C)c2)c(C)s1. The van der Waals surface area contributed by atoms with Crippen LogP contribution in [0.25, 0.3) is 0 Å². The molecule has 0 saturated carbocycles. The highest BCUT2D eigenvalue weighted by molar-refractivity contribution is 7.12. The second-order valence-electron chi connectivity index (χ2n) is 4.28. The molecule has 0 aliphatic heterocycles. The van der Waals surface area contributed by atoms with Gasteiger partial charge >= 0.3 is 0 Å². The Morgan fingerprint density at radius 2 is 1.88 bits per heavy atom. The summed E-state index contributed by atoms with van der Waals surface area (Å²) in [5.74, 6) is -0.237. The number of aryl methyl sites for hydroxylation is 3. The van der Waals surface area contributed by atoms with E-state index in [-0.39, 0.29) is 5.82 Å². The summed E-state index contributed by atoms with van der Waals surface area (Å²) in [6.45, 7) is 5.72. The lowest BCUT2D eigenvalue weighted by molar-refractivity contribution is 0.220. The fourth-order valence-electron chi connectivity index (χ4n) is 1.94. The molecule has 0 aliphatic rings. The number of benzene rings is 1. The van der Waals surface area contributed by atoms with E-state index >= 15 is 0 Å². The Labute approximate surface area is 105 Å². The fourth-order valence-corrected chi connectivity index (χ4v) is 2.90. The minimum Gasteiger partial charge on any atom is -0.384 e. The number of hydrogen-bond acceptors (Lipinski definition) is 2. The molecule has 90 valence electrons. The molecule has 1 N–H and O–H groups in total. The minimum absolute atomic E-state index is 0.237. The van der Waals surface area contributed by atoms with Crippen molar-refractivity contribution < 1.29 is 9.50 Å². The first-order chi connectivity index (χ1) is 7.99. The van der Waals surface area contributed by atoms with Crippen LogP contribution in [0.5, 0.6) is 0 Å². The molecule has 1 atom stereocenters. The van der Waals surface area contributed by atoms with Gasteiger partial charge in [-0.3, -0.25) is 0 Å². The van der Waals surface area contributed by atoms with Crippen molar-refractivity contribution in [2.45, 2.75) is 26.9 Å². The molecule has 0 aliphatic carbocycles. The largest absolute Gasteiger partial charge is 0.384 e. The molecular weight excluding hydrogens is 235 g/mol. The summed E-state index contributed by atoms with van der Waals surface area (Å²) in [5, 5.41) is 10.3. The maximum Gasteiger partial charge on any atom is 0.126 e. The van der Waals surface area contributed by atoms with Crippen molar-refractivity contribution in [1.82, 2.24) is 0 Å². The van der Waals surface area contributed by atoms with Crippen molar-refractivity contribution in [3.8, 4) is 0 Å². The van der Waals surface area contributed by atoms with Crippen LogP contribution in [-0.4, -0.2) is 5.11 Å². The van der Waals surface area contributed by atoms with Crippen LogP contribution >= 0.6 is 11.3 Å². The molecule has 0 fully saturated rings. The van der Waals surface area contributed by atoms with Crippen molar-refractivity contribution in [3.05, 3.63) is 56.5 Å². The summed E-state index contributed by atoms with van der Waals surface area (Å²) >= 11 is 1.67. The molecule has 1 nitrogen and oxygen atoms in total. The van der Waals surface area contributed by atoms with Crippen molar-refractivity contribution >= 4 is 11.3 Å². The zero-order chi connectivity index (χ0) is 12.6. The van der Waals surface area contributed by atoms with Gasteiger partial charge in [0.15, 0.2) is 0 Å². The molecule has 0 bridgehead atoms. The Kier molecular flexibility index (Phi) is 3.31. The van der Waals surface area contributed by atoms with Crippen molar-refractivity contribution in [1.29, 1.82) is 0 Å². The third-order valence-corrected chi connectivity index (χ3v) is 3.85. The second-order valence-corrected chi connectivity index (χ2v) is 5.74. The third kappa shape index (κ3) is 2.40. The van der Waals surface area contributed by atoms with E-state index in [1.807, 2.05) is 19.9 Å². The molecule has 0 spiro atoms. The van der Waals surface area contributed by atoms with Gasteiger partial charge in [-0.15, -0.1) is 11.3 Å². The van der Waals surface area contributed by atoms with E-state index in [0.717, 1.165) is 16.0 Å². The summed E-state index contributed by atoms with van der Waals surface area (Å²) in [6, 6.07) is 6.73. The third-order valence-electron chi connectivity index (χ3n) is 2.87. The number of rotatable bonds is 2. The summed E-state index contributed by atoms with van der Waals surface area (Å²) in [4.78, 5) is 2.28. The molecule has 1 aromatic heterocycles. The Bertz CT molecular complexity index is 545. The highest BCUT2D eigenvalue weighted by Gasteiger charge is 2.15. The average Bonchev–Trinajstić information content (AvgIpc) is 2.61. The van der Waals surface area contributed by atoms with Crippen LogP contribution < -0.4 is 0 Å². The van der Waals surface area contributed by atoms with Crippen LogP contribution in [0.2, 0.25) is 0 Å². The lowest BCUT2D eigenvalue weighted by Crippen LogP contribution is -2.00. The van der Waals surface area contributed by atoms with E-state index in [2.05, 4.69) is 0 Å². The number of halogens is 1. The van der Waals surface area contributed by atoms with Gasteiger partial charge in [0.05, 0.1) is 0 Å². The predicted molar refractivity (Wildman–Crippen MR) is 69.0 cm³/mol. The molecule has 1 heterocycles. The topological polar surface area (TPSA) is 20.2 Å². The van der Waals surface area contributed by atoms with Crippen LogP contribution in [0.4, 0.5) is 4.39 Å². The number of aliphatic hydroxyl groups is 1. The number of thiophene rings is 1. The Hall–Kier alpha value is -1.19. The van der Waals surface area contributed by atoms with Crippen molar-refractivity contribution in [2.75, 3.05) is 0 Å². The van der Waals surface area contributed by atoms with Gasteiger partial charge in [0, 0.05) is 9.75 Å². The molecule has 2 aromatic rings. The quantitative estimate of drug-likeness (QED) is 0.857. The van der Waals surface area contributed by atoms with Crippen LogP contribution in [0.3, 0.4) is 0 Å². The summed E-state index contributed by atoms with van der Waals surface area (Å²) in [5.41, 5.74) is 2.22. The predicted octanol–water partition coefficient (Wildman–Crippen LogP) is 3.89. The van der Waals surface area contributed by atoms with Crippen LogP contribution in [-0.2, 0) is 0 Å². The van der Waals surface area contributed by atoms with Gasteiger partial charge in [-0.25, -0.2) is 4.39 Å². The molecule has 3 heteroatoms. The van der Waals surface area contributed by atoms with Crippen LogP contribution in [0.15, 0.2) is 24.3 Å². The van der Waals surface area contributed by atoms with Crippen LogP contribution in [0, 0.1) is 26.6 Å². The Balaban J connectivity index is 2.40. The average molecular weight is 250 g/mol. The van der Waals surface area contributed by atoms with Gasteiger partial charge in [-0.1, -0.05) is 12.1 Å². The van der Waals surface area contributed by atoms with E-state index < -0.39 is 6.10 Å². The fraction of sp³-hybridized carbons (Fsp3) is 0.286.